The van der Waals surface area contributed by atoms with Crippen LogP contribution in [0.25, 0.3) is 17.0 Å². The van der Waals surface area contributed by atoms with Crippen LogP contribution in [0.4, 0.5) is 5.82 Å². The number of para-hydroxylation sites is 1. The Labute approximate surface area is 106 Å². The van der Waals surface area contributed by atoms with E-state index in [0.717, 1.165) is 27.9 Å². The average molecular weight is 235 g/mol. The summed E-state index contributed by atoms with van der Waals surface area (Å²) >= 11 is 0. The van der Waals surface area contributed by atoms with E-state index >= 15 is 0 Å². The van der Waals surface area contributed by atoms with E-state index in [1.807, 2.05) is 24.1 Å². The number of benzene rings is 1. The van der Waals surface area contributed by atoms with Crippen LogP contribution >= 0.6 is 0 Å². The summed E-state index contributed by atoms with van der Waals surface area (Å²) < 4.78 is 0. The summed E-state index contributed by atoms with van der Waals surface area (Å²) in [4.78, 5) is 6.76. The summed E-state index contributed by atoms with van der Waals surface area (Å²) in [6.45, 7) is 2.70. The zero-order valence-electron chi connectivity index (χ0n) is 10.4. The SMILES string of the molecule is Cc1cccc2cc3c(nc12)N(C)CC(C#N)=C3. The fourth-order valence-electron chi connectivity index (χ4n) is 2.40. The number of hydrogen-bond acceptors (Lipinski definition) is 3. The lowest BCUT2D eigenvalue weighted by atomic mass is 10.0. The molecule has 0 fully saturated rings. The van der Waals surface area contributed by atoms with Crippen molar-refractivity contribution in [3.05, 3.63) is 41.0 Å². The number of anilines is 1. The molecule has 3 nitrogen and oxygen atoms in total. The van der Waals surface area contributed by atoms with E-state index in [0.29, 0.717) is 6.54 Å². The molecule has 0 amide bonds. The lowest BCUT2D eigenvalue weighted by Crippen LogP contribution is -2.24. The van der Waals surface area contributed by atoms with Crippen LogP contribution in [0.3, 0.4) is 0 Å². The second kappa shape index (κ2) is 3.85. The van der Waals surface area contributed by atoms with Crippen LogP contribution in [0.1, 0.15) is 11.1 Å². The van der Waals surface area contributed by atoms with Gasteiger partial charge in [-0.1, -0.05) is 18.2 Å². The van der Waals surface area contributed by atoms with Gasteiger partial charge < -0.3 is 4.90 Å². The summed E-state index contributed by atoms with van der Waals surface area (Å²) in [5, 5.41) is 10.1. The number of nitriles is 1. The topological polar surface area (TPSA) is 39.9 Å². The molecule has 0 N–H and O–H groups in total. The van der Waals surface area contributed by atoms with E-state index in [4.69, 9.17) is 10.2 Å². The van der Waals surface area contributed by atoms with Crippen molar-refractivity contribution in [3.8, 4) is 6.07 Å². The number of aromatic nitrogens is 1. The predicted octanol–water partition coefficient (Wildman–Crippen LogP) is 2.90. The Balaban J connectivity index is 2.32. The molecule has 0 saturated carbocycles. The average Bonchev–Trinajstić information content (AvgIpc) is 2.37. The van der Waals surface area contributed by atoms with Gasteiger partial charge >= 0.3 is 0 Å². The third kappa shape index (κ3) is 1.54. The Hall–Kier alpha value is -2.34. The highest BCUT2D eigenvalue weighted by atomic mass is 15.2. The molecule has 88 valence electrons. The number of pyridine rings is 1. The highest BCUT2D eigenvalue weighted by molar-refractivity contribution is 5.88. The number of hydrogen-bond donors (Lipinski definition) is 0. The number of likely N-dealkylation sites (N-methyl/N-ethyl adjacent to an activating group) is 1. The van der Waals surface area contributed by atoms with Crippen LogP contribution in [0, 0.1) is 18.3 Å². The van der Waals surface area contributed by atoms with Gasteiger partial charge in [0.1, 0.15) is 5.82 Å². The van der Waals surface area contributed by atoms with Crippen molar-refractivity contribution in [1.29, 1.82) is 5.26 Å². The predicted molar refractivity (Wildman–Crippen MR) is 73.3 cm³/mol. The first kappa shape index (κ1) is 10.8. The second-order valence-corrected chi connectivity index (χ2v) is 4.69. The fourth-order valence-corrected chi connectivity index (χ4v) is 2.40. The molecule has 0 aliphatic carbocycles. The van der Waals surface area contributed by atoms with E-state index in [2.05, 4.69) is 31.2 Å². The van der Waals surface area contributed by atoms with Gasteiger partial charge in [-0.15, -0.1) is 0 Å². The minimum atomic E-state index is 0.633. The molecule has 0 radical (unpaired) electrons. The molecule has 1 aliphatic rings. The molecular formula is C15H13N3. The summed E-state index contributed by atoms with van der Waals surface area (Å²) in [5.74, 6) is 0.954. The van der Waals surface area contributed by atoms with Crippen LogP contribution in [-0.2, 0) is 0 Å². The first-order chi connectivity index (χ1) is 8.69. The monoisotopic (exact) mass is 235 g/mol. The molecule has 18 heavy (non-hydrogen) atoms. The standard InChI is InChI=1S/C15H13N3/c1-10-4-3-5-12-7-13-6-11(8-16)9-18(2)15(13)17-14(10)12/h3-7H,9H2,1-2H3. The number of fused-ring (bicyclic) bond motifs is 2. The molecule has 0 atom stereocenters. The van der Waals surface area contributed by atoms with E-state index in [1.165, 1.54) is 5.56 Å². The molecular weight excluding hydrogens is 222 g/mol. The number of rotatable bonds is 0. The summed E-state index contributed by atoms with van der Waals surface area (Å²) in [6.07, 6.45) is 1.93. The Kier molecular flexibility index (Phi) is 2.31. The van der Waals surface area contributed by atoms with Gasteiger partial charge in [0.2, 0.25) is 0 Å². The third-order valence-corrected chi connectivity index (χ3v) is 3.30. The van der Waals surface area contributed by atoms with Crippen molar-refractivity contribution in [2.75, 3.05) is 18.5 Å². The first-order valence-electron chi connectivity index (χ1n) is 5.91. The van der Waals surface area contributed by atoms with E-state index in [1.54, 1.807) is 0 Å². The van der Waals surface area contributed by atoms with E-state index < -0.39 is 0 Å². The van der Waals surface area contributed by atoms with Gasteiger partial charge in [0.25, 0.3) is 0 Å². The van der Waals surface area contributed by atoms with E-state index in [-0.39, 0.29) is 0 Å². The van der Waals surface area contributed by atoms with Crippen LogP contribution in [0.5, 0.6) is 0 Å². The van der Waals surface area contributed by atoms with Gasteiger partial charge in [-0.2, -0.15) is 5.26 Å². The molecule has 1 aromatic carbocycles. The molecule has 0 saturated heterocycles. The van der Waals surface area contributed by atoms with Crippen LogP contribution in [-0.4, -0.2) is 18.6 Å². The summed E-state index contributed by atoms with van der Waals surface area (Å²) in [7, 11) is 1.97. The molecule has 2 aromatic rings. The minimum Gasteiger partial charge on any atom is -0.354 e. The molecule has 0 spiro atoms. The lowest BCUT2D eigenvalue weighted by molar-refractivity contribution is 0.963. The van der Waals surface area contributed by atoms with Gasteiger partial charge in [-0.25, -0.2) is 4.98 Å². The molecule has 3 heteroatoms. The van der Waals surface area contributed by atoms with Crippen LogP contribution in [0.15, 0.2) is 29.8 Å². The Morgan fingerprint density at radius 1 is 1.39 bits per heavy atom. The van der Waals surface area contributed by atoms with Crippen molar-refractivity contribution >= 4 is 22.8 Å². The molecule has 2 heterocycles. The molecule has 1 aliphatic heterocycles. The Morgan fingerprint density at radius 2 is 2.22 bits per heavy atom. The van der Waals surface area contributed by atoms with Crippen molar-refractivity contribution in [2.45, 2.75) is 6.92 Å². The third-order valence-electron chi connectivity index (χ3n) is 3.30. The van der Waals surface area contributed by atoms with Gasteiger partial charge in [0.15, 0.2) is 0 Å². The molecule has 0 bridgehead atoms. The maximum Gasteiger partial charge on any atom is 0.136 e. The maximum absolute atomic E-state index is 9.03. The quantitative estimate of drug-likeness (QED) is 0.705. The van der Waals surface area contributed by atoms with Gasteiger partial charge in [0, 0.05) is 23.6 Å². The minimum absolute atomic E-state index is 0.633. The largest absolute Gasteiger partial charge is 0.354 e. The second-order valence-electron chi connectivity index (χ2n) is 4.69. The molecule has 3 rings (SSSR count). The smallest absolute Gasteiger partial charge is 0.136 e. The van der Waals surface area contributed by atoms with Crippen molar-refractivity contribution in [3.63, 3.8) is 0 Å². The summed E-state index contributed by atoms with van der Waals surface area (Å²) in [6, 6.07) is 10.5. The number of nitrogens with zero attached hydrogens (tertiary/aromatic N) is 3. The fraction of sp³-hybridized carbons (Fsp3) is 0.200. The first-order valence-corrected chi connectivity index (χ1v) is 5.91. The van der Waals surface area contributed by atoms with Crippen molar-refractivity contribution < 1.29 is 0 Å². The van der Waals surface area contributed by atoms with Crippen LogP contribution < -0.4 is 4.90 Å². The zero-order chi connectivity index (χ0) is 12.7. The molecule has 1 aromatic heterocycles. The van der Waals surface area contributed by atoms with Crippen molar-refractivity contribution in [2.24, 2.45) is 0 Å². The number of aryl methyl sites for hydroxylation is 1. The Bertz CT molecular complexity index is 707. The highest BCUT2D eigenvalue weighted by Gasteiger charge is 2.17. The lowest BCUT2D eigenvalue weighted by Gasteiger charge is -2.24. The van der Waals surface area contributed by atoms with Gasteiger partial charge in [-0.3, -0.25) is 0 Å². The maximum atomic E-state index is 9.03. The van der Waals surface area contributed by atoms with Gasteiger partial charge in [0.05, 0.1) is 18.1 Å². The van der Waals surface area contributed by atoms with E-state index in [9.17, 15) is 0 Å². The zero-order valence-corrected chi connectivity index (χ0v) is 10.4. The van der Waals surface area contributed by atoms with Crippen LogP contribution in [0.2, 0.25) is 0 Å². The van der Waals surface area contributed by atoms with Gasteiger partial charge in [-0.05, 0) is 24.6 Å². The normalized spacial score (nSPS) is 14.1. The highest BCUT2D eigenvalue weighted by Crippen LogP contribution is 2.29. The summed E-state index contributed by atoms with van der Waals surface area (Å²) in [5.41, 5.74) is 4.02. The Morgan fingerprint density at radius 3 is 3.00 bits per heavy atom. The molecule has 0 unspecified atom stereocenters. The van der Waals surface area contributed by atoms with Crippen molar-refractivity contribution in [1.82, 2.24) is 4.98 Å².